The molecule has 0 aromatic heterocycles. The Morgan fingerprint density at radius 3 is 2.53 bits per heavy atom. The molecule has 2 aromatic rings. The van der Waals surface area contributed by atoms with E-state index >= 15 is 0 Å². The van der Waals surface area contributed by atoms with Gasteiger partial charge in [0.15, 0.2) is 11.5 Å². The predicted molar refractivity (Wildman–Crippen MR) is 75.8 cm³/mol. The van der Waals surface area contributed by atoms with Gasteiger partial charge >= 0.3 is 0 Å². The van der Waals surface area contributed by atoms with E-state index < -0.39 is 0 Å². The quantitative estimate of drug-likeness (QED) is 0.822. The molecular weight excluding hydrogens is 240 g/mol. The molecule has 2 rings (SSSR count). The summed E-state index contributed by atoms with van der Waals surface area (Å²) >= 11 is 0. The molecule has 0 amide bonds. The number of phenolic OH excluding ortho intramolecular Hbond substituents is 2. The molecule has 0 heterocycles. The first-order chi connectivity index (χ1) is 9.15. The van der Waals surface area contributed by atoms with Gasteiger partial charge in [-0.25, -0.2) is 0 Å². The van der Waals surface area contributed by atoms with Crippen LogP contribution in [0.5, 0.6) is 17.2 Å². The van der Waals surface area contributed by atoms with Gasteiger partial charge in [-0.1, -0.05) is 37.6 Å². The third-order valence-corrected chi connectivity index (χ3v) is 3.07. The number of rotatable bonds is 4. The summed E-state index contributed by atoms with van der Waals surface area (Å²) in [5.41, 5.74) is 3.08. The summed E-state index contributed by atoms with van der Waals surface area (Å²) in [5, 5.41) is 19.3. The fourth-order valence-electron chi connectivity index (χ4n) is 2.11. The van der Waals surface area contributed by atoms with Crippen molar-refractivity contribution in [3.63, 3.8) is 0 Å². The van der Waals surface area contributed by atoms with Gasteiger partial charge in [0.2, 0.25) is 5.75 Å². The molecule has 0 bridgehead atoms. The van der Waals surface area contributed by atoms with E-state index in [9.17, 15) is 10.2 Å². The molecule has 19 heavy (non-hydrogen) atoms. The first-order valence-corrected chi connectivity index (χ1v) is 6.35. The van der Waals surface area contributed by atoms with Crippen molar-refractivity contribution in [2.75, 3.05) is 7.11 Å². The SMILES string of the molecule is CCCc1cccc(-c2cc(O)c(O)c(OC)c2)c1. The first-order valence-electron chi connectivity index (χ1n) is 6.35. The van der Waals surface area contributed by atoms with Gasteiger partial charge in [0.25, 0.3) is 0 Å². The molecular formula is C16H18O3. The zero-order valence-corrected chi connectivity index (χ0v) is 11.2. The molecule has 0 unspecified atom stereocenters. The lowest BCUT2D eigenvalue weighted by Crippen LogP contribution is -1.88. The van der Waals surface area contributed by atoms with Crippen LogP contribution in [-0.2, 0) is 6.42 Å². The van der Waals surface area contributed by atoms with Crippen molar-refractivity contribution >= 4 is 0 Å². The molecule has 0 fully saturated rings. The Morgan fingerprint density at radius 2 is 1.84 bits per heavy atom. The molecule has 3 heteroatoms. The summed E-state index contributed by atoms with van der Waals surface area (Å²) in [6.45, 7) is 2.14. The molecule has 0 radical (unpaired) electrons. The number of benzene rings is 2. The van der Waals surface area contributed by atoms with Crippen molar-refractivity contribution in [2.45, 2.75) is 19.8 Å². The van der Waals surface area contributed by atoms with Gasteiger partial charge < -0.3 is 14.9 Å². The summed E-state index contributed by atoms with van der Waals surface area (Å²) in [7, 11) is 1.46. The predicted octanol–water partition coefficient (Wildman–Crippen LogP) is 3.73. The molecule has 2 aromatic carbocycles. The van der Waals surface area contributed by atoms with Gasteiger partial charge in [-0.15, -0.1) is 0 Å². The van der Waals surface area contributed by atoms with E-state index in [4.69, 9.17) is 4.74 Å². The van der Waals surface area contributed by atoms with E-state index in [2.05, 4.69) is 19.1 Å². The Hall–Kier alpha value is -2.16. The van der Waals surface area contributed by atoms with Crippen LogP contribution in [0.1, 0.15) is 18.9 Å². The molecule has 2 N–H and O–H groups in total. The van der Waals surface area contributed by atoms with E-state index in [-0.39, 0.29) is 17.2 Å². The number of aryl methyl sites for hydroxylation is 1. The summed E-state index contributed by atoms with van der Waals surface area (Å²) < 4.78 is 5.06. The van der Waals surface area contributed by atoms with Gasteiger partial charge in [0.05, 0.1) is 7.11 Å². The first kappa shape index (κ1) is 13.3. The third kappa shape index (κ3) is 2.81. The molecule has 0 saturated carbocycles. The van der Waals surface area contributed by atoms with Gasteiger partial charge in [0.1, 0.15) is 0 Å². The zero-order valence-electron chi connectivity index (χ0n) is 11.2. The van der Waals surface area contributed by atoms with Crippen LogP contribution in [-0.4, -0.2) is 17.3 Å². The lowest BCUT2D eigenvalue weighted by Gasteiger charge is -2.10. The van der Waals surface area contributed by atoms with Crippen LogP contribution in [0, 0.1) is 0 Å². The lowest BCUT2D eigenvalue weighted by atomic mass is 10.0. The Bertz CT molecular complexity index is 576. The smallest absolute Gasteiger partial charge is 0.200 e. The second-order valence-electron chi connectivity index (χ2n) is 4.50. The van der Waals surface area contributed by atoms with Gasteiger partial charge in [0, 0.05) is 0 Å². The Labute approximate surface area is 113 Å². The van der Waals surface area contributed by atoms with E-state index in [0.29, 0.717) is 0 Å². The topological polar surface area (TPSA) is 49.7 Å². The highest BCUT2D eigenvalue weighted by atomic mass is 16.5. The van der Waals surface area contributed by atoms with Gasteiger partial charge in [-0.3, -0.25) is 0 Å². The fourth-order valence-corrected chi connectivity index (χ4v) is 2.11. The third-order valence-electron chi connectivity index (χ3n) is 3.07. The van der Waals surface area contributed by atoms with Crippen LogP contribution >= 0.6 is 0 Å². The number of hydrogen-bond acceptors (Lipinski definition) is 3. The standard InChI is InChI=1S/C16H18O3/c1-3-5-11-6-4-7-12(8-11)13-9-14(17)16(18)15(10-13)19-2/h4,6-10,17-18H,3,5H2,1-2H3. The fraction of sp³-hybridized carbons (Fsp3) is 0.250. The highest BCUT2D eigenvalue weighted by molar-refractivity contribution is 5.70. The van der Waals surface area contributed by atoms with Crippen molar-refractivity contribution in [1.82, 2.24) is 0 Å². The molecule has 3 nitrogen and oxygen atoms in total. The van der Waals surface area contributed by atoms with Crippen molar-refractivity contribution in [2.24, 2.45) is 0 Å². The Morgan fingerprint density at radius 1 is 1.05 bits per heavy atom. The molecule has 0 aliphatic carbocycles. The van der Waals surface area contributed by atoms with Crippen LogP contribution in [0.4, 0.5) is 0 Å². The maximum atomic E-state index is 9.72. The van der Waals surface area contributed by atoms with E-state index in [1.165, 1.54) is 12.7 Å². The van der Waals surface area contributed by atoms with Crippen molar-refractivity contribution in [1.29, 1.82) is 0 Å². The lowest BCUT2D eigenvalue weighted by molar-refractivity contribution is 0.351. The van der Waals surface area contributed by atoms with Crippen LogP contribution in [0.15, 0.2) is 36.4 Å². The average Bonchev–Trinajstić information content (AvgIpc) is 2.42. The van der Waals surface area contributed by atoms with Gasteiger partial charge in [-0.2, -0.15) is 0 Å². The van der Waals surface area contributed by atoms with Crippen molar-refractivity contribution in [3.8, 4) is 28.4 Å². The maximum Gasteiger partial charge on any atom is 0.200 e. The summed E-state index contributed by atoms with van der Waals surface area (Å²) in [5.74, 6) is -0.123. The number of phenols is 2. The number of methoxy groups -OCH3 is 1. The molecule has 100 valence electrons. The van der Waals surface area contributed by atoms with E-state index in [1.54, 1.807) is 12.1 Å². The van der Waals surface area contributed by atoms with Crippen LogP contribution in [0.25, 0.3) is 11.1 Å². The van der Waals surface area contributed by atoms with Gasteiger partial charge in [-0.05, 0) is 35.2 Å². The maximum absolute atomic E-state index is 9.72. The minimum Gasteiger partial charge on any atom is -0.504 e. The van der Waals surface area contributed by atoms with Crippen LogP contribution in [0.2, 0.25) is 0 Å². The second-order valence-corrected chi connectivity index (χ2v) is 4.50. The molecule has 0 aliphatic rings. The normalized spacial score (nSPS) is 10.4. The Balaban J connectivity index is 2.46. The highest BCUT2D eigenvalue weighted by Crippen LogP contribution is 2.39. The van der Waals surface area contributed by atoms with Crippen molar-refractivity contribution < 1.29 is 14.9 Å². The van der Waals surface area contributed by atoms with Crippen LogP contribution in [0.3, 0.4) is 0 Å². The molecule has 0 atom stereocenters. The average molecular weight is 258 g/mol. The summed E-state index contributed by atoms with van der Waals surface area (Å²) in [6, 6.07) is 11.4. The van der Waals surface area contributed by atoms with E-state index in [0.717, 1.165) is 24.0 Å². The molecule has 0 spiro atoms. The van der Waals surface area contributed by atoms with Crippen molar-refractivity contribution in [3.05, 3.63) is 42.0 Å². The monoisotopic (exact) mass is 258 g/mol. The van der Waals surface area contributed by atoms with Crippen LogP contribution < -0.4 is 4.74 Å². The number of aromatic hydroxyl groups is 2. The largest absolute Gasteiger partial charge is 0.504 e. The summed E-state index contributed by atoms with van der Waals surface area (Å²) in [4.78, 5) is 0. The number of ether oxygens (including phenoxy) is 1. The summed E-state index contributed by atoms with van der Waals surface area (Å²) in [6.07, 6.45) is 2.11. The Kier molecular flexibility index (Phi) is 3.95. The van der Waals surface area contributed by atoms with E-state index in [1.807, 2.05) is 12.1 Å². The molecule has 0 aliphatic heterocycles. The zero-order chi connectivity index (χ0) is 13.8. The minimum absolute atomic E-state index is 0.171. The highest BCUT2D eigenvalue weighted by Gasteiger charge is 2.11. The molecule has 0 saturated heterocycles. The minimum atomic E-state index is -0.226. The number of hydrogen-bond donors (Lipinski definition) is 2. The second kappa shape index (κ2) is 5.65.